The van der Waals surface area contributed by atoms with Crippen LogP contribution in [0.3, 0.4) is 0 Å². The fourth-order valence-electron chi connectivity index (χ4n) is 1.72. The minimum atomic E-state index is 0.206. The molecule has 0 saturated carbocycles. The molecule has 3 nitrogen and oxygen atoms in total. The number of carbonyl (C=O) groups is 1. The van der Waals surface area contributed by atoms with E-state index in [0.717, 1.165) is 19.5 Å². The van der Waals surface area contributed by atoms with Crippen LogP contribution in [-0.2, 0) is 4.79 Å². The molecular weight excluding hydrogens is 176 g/mol. The van der Waals surface area contributed by atoms with E-state index in [1.54, 1.807) is 6.08 Å². The summed E-state index contributed by atoms with van der Waals surface area (Å²) in [4.78, 5) is 13.6. The Labute approximate surface area is 86.2 Å². The Morgan fingerprint density at radius 2 is 2.36 bits per heavy atom. The van der Waals surface area contributed by atoms with E-state index in [2.05, 4.69) is 25.7 Å². The molecule has 0 aromatic carbocycles. The third kappa shape index (κ3) is 3.14. The molecule has 1 saturated heterocycles. The Hall–Kier alpha value is -0.830. The van der Waals surface area contributed by atoms with Crippen molar-refractivity contribution in [1.82, 2.24) is 10.2 Å². The molecule has 80 valence electrons. The lowest BCUT2D eigenvalue weighted by molar-refractivity contribution is -0.129. The molecular formula is C11H20N2O. The Bertz CT molecular complexity index is 223. The van der Waals surface area contributed by atoms with Gasteiger partial charge in [0.25, 0.3) is 0 Å². The molecule has 1 N–H and O–H groups in total. The van der Waals surface area contributed by atoms with Crippen LogP contribution in [0, 0.1) is 5.41 Å². The summed E-state index contributed by atoms with van der Waals surface area (Å²) in [6.45, 7) is 10.9. The van der Waals surface area contributed by atoms with E-state index in [1.807, 2.05) is 4.90 Å². The number of likely N-dealkylation sites (tertiary alicyclic amines) is 1. The van der Waals surface area contributed by atoms with Crippen LogP contribution in [0.4, 0.5) is 0 Å². The molecule has 0 radical (unpaired) electrons. The van der Waals surface area contributed by atoms with E-state index in [0.29, 0.717) is 18.5 Å². The molecule has 1 rings (SSSR count). The molecule has 1 heterocycles. The molecule has 0 bridgehead atoms. The first-order valence-electron chi connectivity index (χ1n) is 5.14. The lowest BCUT2D eigenvalue weighted by Crippen LogP contribution is -2.37. The Morgan fingerprint density at radius 3 is 2.86 bits per heavy atom. The van der Waals surface area contributed by atoms with Crippen molar-refractivity contribution in [3.63, 3.8) is 0 Å². The number of nitrogens with zero attached hydrogens (tertiary/aromatic N) is 1. The van der Waals surface area contributed by atoms with Crippen LogP contribution >= 0.6 is 0 Å². The van der Waals surface area contributed by atoms with E-state index in [-0.39, 0.29) is 5.91 Å². The summed E-state index contributed by atoms with van der Waals surface area (Å²) in [5.74, 6) is 0.206. The molecule has 1 aliphatic heterocycles. The predicted molar refractivity (Wildman–Crippen MR) is 58.0 cm³/mol. The second-order valence-corrected chi connectivity index (χ2v) is 4.65. The summed E-state index contributed by atoms with van der Waals surface area (Å²) in [6, 6.07) is 0. The highest BCUT2D eigenvalue weighted by molar-refractivity contribution is 5.78. The Kier molecular flexibility index (Phi) is 3.69. The van der Waals surface area contributed by atoms with Gasteiger partial charge in [-0.3, -0.25) is 4.79 Å². The largest absolute Gasteiger partial charge is 0.341 e. The highest BCUT2D eigenvalue weighted by atomic mass is 16.2. The quantitative estimate of drug-likeness (QED) is 0.538. The van der Waals surface area contributed by atoms with E-state index in [4.69, 9.17) is 0 Å². The van der Waals surface area contributed by atoms with E-state index in [1.165, 1.54) is 0 Å². The van der Waals surface area contributed by atoms with Gasteiger partial charge in [-0.1, -0.05) is 19.9 Å². The normalized spacial score (nSPS) is 19.7. The van der Waals surface area contributed by atoms with Gasteiger partial charge in [0.2, 0.25) is 5.91 Å². The average molecular weight is 196 g/mol. The van der Waals surface area contributed by atoms with Crippen LogP contribution in [0.25, 0.3) is 0 Å². The van der Waals surface area contributed by atoms with Crippen LogP contribution in [0.1, 0.15) is 20.3 Å². The Balaban J connectivity index is 2.29. The van der Waals surface area contributed by atoms with Gasteiger partial charge >= 0.3 is 0 Å². The van der Waals surface area contributed by atoms with Gasteiger partial charge in [0.1, 0.15) is 0 Å². The first kappa shape index (κ1) is 11.2. The summed E-state index contributed by atoms with van der Waals surface area (Å²) in [5, 5.41) is 3.03. The molecule has 14 heavy (non-hydrogen) atoms. The molecule has 3 heteroatoms. The van der Waals surface area contributed by atoms with Crippen molar-refractivity contribution in [1.29, 1.82) is 0 Å². The predicted octanol–water partition coefficient (Wildman–Crippen LogP) is 1.02. The first-order valence-corrected chi connectivity index (χ1v) is 5.14. The SMILES string of the molecule is C=CCNCC(=O)N1CCC(C)(C)C1. The fraction of sp³-hybridized carbons (Fsp3) is 0.727. The van der Waals surface area contributed by atoms with Gasteiger partial charge < -0.3 is 10.2 Å². The smallest absolute Gasteiger partial charge is 0.236 e. The van der Waals surface area contributed by atoms with Crippen LogP contribution in [-0.4, -0.2) is 37.0 Å². The van der Waals surface area contributed by atoms with Gasteiger partial charge in [-0.15, -0.1) is 6.58 Å². The topological polar surface area (TPSA) is 32.3 Å². The van der Waals surface area contributed by atoms with Gasteiger partial charge in [-0.05, 0) is 11.8 Å². The first-order chi connectivity index (χ1) is 6.55. The molecule has 0 aromatic rings. The molecule has 0 unspecified atom stereocenters. The summed E-state index contributed by atoms with van der Waals surface area (Å²) >= 11 is 0. The van der Waals surface area contributed by atoms with Crippen molar-refractivity contribution in [2.75, 3.05) is 26.2 Å². The molecule has 0 aromatic heterocycles. The second kappa shape index (κ2) is 4.60. The highest BCUT2D eigenvalue weighted by Gasteiger charge is 2.31. The number of hydrogen-bond donors (Lipinski definition) is 1. The maximum absolute atomic E-state index is 11.6. The molecule has 1 fully saturated rings. The lowest BCUT2D eigenvalue weighted by atomic mass is 9.93. The molecule has 0 atom stereocenters. The minimum Gasteiger partial charge on any atom is -0.341 e. The monoisotopic (exact) mass is 196 g/mol. The summed E-state index contributed by atoms with van der Waals surface area (Å²) in [7, 11) is 0. The Morgan fingerprint density at radius 1 is 1.64 bits per heavy atom. The maximum atomic E-state index is 11.6. The lowest BCUT2D eigenvalue weighted by Gasteiger charge is -2.19. The minimum absolute atomic E-state index is 0.206. The van der Waals surface area contributed by atoms with Crippen molar-refractivity contribution in [3.8, 4) is 0 Å². The molecule has 0 aliphatic carbocycles. The summed E-state index contributed by atoms with van der Waals surface area (Å²) in [6.07, 6.45) is 2.88. The standard InChI is InChI=1S/C11H20N2O/c1-4-6-12-8-10(14)13-7-5-11(2,3)9-13/h4,12H,1,5-9H2,2-3H3. The van der Waals surface area contributed by atoms with Crippen molar-refractivity contribution < 1.29 is 4.79 Å². The number of carbonyl (C=O) groups excluding carboxylic acids is 1. The van der Waals surface area contributed by atoms with E-state index >= 15 is 0 Å². The van der Waals surface area contributed by atoms with Gasteiger partial charge in [0, 0.05) is 19.6 Å². The zero-order valence-corrected chi connectivity index (χ0v) is 9.18. The van der Waals surface area contributed by atoms with Crippen molar-refractivity contribution >= 4 is 5.91 Å². The van der Waals surface area contributed by atoms with Crippen LogP contribution in [0.2, 0.25) is 0 Å². The third-order valence-electron chi connectivity index (χ3n) is 2.59. The third-order valence-corrected chi connectivity index (χ3v) is 2.59. The zero-order chi connectivity index (χ0) is 10.6. The fourth-order valence-corrected chi connectivity index (χ4v) is 1.72. The van der Waals surface area contributed by atoms with Crippen LogP contribution in [0.5, 0.6) is 0 Å². The van der Waals surface area contributed by atoms with Crippen LogP contribution in [0.15, 0.2) is 12.7 Å². The number of hydrogen-bond acceptors (Lipinski definition) is 2. The summed E-state index contributed by atoms with van der Waals surface area (Å²) in [5.41, 5.74) is 0.300. The maximum Gasteiger partial charge on any atom is 0.236 e. The summed E-state index contributed by atoms with van der Waals surface area (Å²) < 4.78 is 0. The van der Waals surface area contributed by atoms with E-state index in [9.17, 15) is 4.79 Å². The van der Waals surface area contributed by atoms with Gasteiger partial charge in [-0.2, -0.15) is 0 Å². The van der Waals surface area contributed by atoms with E-state index < -0.39 is 0 Å². The van der Waals surface area contributed by atoms with Crippen molar-refractivity contribution in [3.05, 3.63) is 12.7 Å². The average Bonchev–Trinajstić information content (AvgIpc) is 2.46. The molecule has 1 aliphatic rings. The van der Waals surface area contributed by atoms with Gasteiger partial charge in [0.05, 0.1) is 6.54 Å². The second-order valence-electron chi connectivity index (χ2n) is 4.65. The van der Waals surface area contributed by atoms with Crippen molar-refractivity contribution in [2.45, 2.75) is 20.3 Å². The highest BCUT2D eigenvalue weighted by Crippen LogP contribution is 2.28. The zero-order valence-electron chi connectivity index (χ0n) is 9.18. The number of amides is 1. The molecule has 1 amide bonds. The van der Waals surface area contributed by atoms with Crippen LogP contribution < -0.4 is 5.32 Å². The number of rotatable bonds is 4. The van der Waals surface area contributed by atoms with Gasteiger partial charge in [0.15, 0.2) is 0 Å². The van der Waals surface area contributed by atoms with Crippen molar-refractivity contribution in [2.24, 2.45) is 5.41 Å². The number of nitrogens with one attached hydrogen (secondary N) is 1. The van der Waals surface area contributed by atoms with Gasteiger partial charge in [-0.25, -0.2) is 0 Å². The molecule has 0 spiro atoms.